The summed E-state index contributed by atoms with van der Waals surface area (Å²) in [5.74, 6) is -0.0117. The smallest absolute Gasteiger partial charge is 0.287 e. The minimum absolute atomic E-state index is 0.262. The summed E-state index contributed by atoms with van der Waals surface area (Å²) in [5.41, 5.74) is 7.90. The summed E-state index contributed by atoms with van der Waals surface area (Å²) in [6, 6.07) is 14.3. The monoisotopic (exact) mass is 300 g/mol. The highest BCUT2D eigenvalue weighted by Crippen LogP contribution is 2.21. The number of rotatable bonds is 3. The lowest BCUT2D eigenvalue weighted by Gasteiger charge is -2.03. The standard InChI is InChI=1S/C16H13ClN2O2/c17-12-3-1-2-10(6-12)9-19-16(20)15-8-11-7-13(18)4-5-14(11)21-15/h1-8H,9,18H2,(H,19,20). The van der Waals surface area contributed by atoms with Gasteiger partial charge in [-0.05, 0) is 42.0 Å². The van der Waals surface area contributed by atoms with E-state index in [0.29, 0.717) is 22.8 Å². The molecule has 0 fully saturated rings. The number of halogens is 1. The Kier molecular flexibility index (Phi) is 3.54. The highest BCUT2D eigenvalue weighted by Gasteiger charge is 2.12. The minimum Gasteiger partial charge on any atom is -0.451 e. The van der Waals surface area contributed by atoms with E-state index in [1.165, 1.54) is 0 Å². The number of furan rings is 1. The van der Waals surface area contributed by atoms with Crippen LogP contribution in [-0.4, -0.2) is 5.91 Å². The maximum Gasteiger partial charge on any atom is 0.287 e. The molecular weight excluding hydrogens is 288 g/mol. The van der Waals surface area contributed by atoms with Gasteiger partial charge in [-0.2, -0.15) is 0 Å². The molecule has 0 atom stereocenters. The number of nitrogens with one attached hydrogen (secondary N) is 1. The fraction of sp³-hybridized carbons (Fsp3) is 0.0625. The van der Waals surface area contributed by atoms with Crippen molar-refractivity contribution in [2.45, 2.75) is 6.54 Å². The van der Waals surface area contributed by atoms with Gasteiger partial charge in [-0.1, -0.05) is 23.7 Å². The topological polar surface area (TPSA) is 68.3 Å². The van der Waals surface area contributed by atoms with Crippen molar-refractivity contribution in [3.8, 4) is 0 Å². The van der Waals surface area contributed by atoms with Gasteiger partial charge in [0.25, 0.3) is 5.91 Å². The minimum atomic E-state index is -0.273. The Bertz CT molecular complexity index is 811. The van der Waals surface area contributed by atoms with Gasteiger partial charge in [-0.15, -0.1) is 0 Å². The van der Waals surface area contributed by atoms with Crippen LogP contribution in [0.25, 0.3) is 11.0 Å². The molecule has 3 rings (SSSR count). The third-order valence-corrected chi connectivity index (χ3v) is 3.34. The van der Waals surface area contributed by atoms with Gasteiger partial charge < -0.3 is 15.5 Å². The van der Waals surface area contributed by atoms with E-state index in [1.54, 1.807) is 36.4 Å². The Balaban J connectivity index is 1.74. The molecule has 1 amide bonds. The number of carbonyl (C=O) groups excluding carboxylic acids is 1. The van der Waals surface area contributed by atoms with E-state index in [0.717, 1.165) is 10.9 Å². The fourth-order valence-corrected chi connectivity index (χ4v) is 2.30. The molecule has 0 spiro atoms. The summed E-state index contributed by atoms with van der Waals surface area (Å²) >= 11 is 5.90. The van der Waals surface area contributed by atoms with Crippen LogP contribution >= 0.6 is 11.6 Å². The molecule has 3 aromatic rings. The third-order valence-electron chi connectivity index (χ3n) is 3.11. The SMILES string of the molecule is Nc1ccc2oc(C(=O)NCc3cccc(Cl)c3)cc2c1. The molecule has 0 aliphatic carbocycles. The molecule has 0 unspecified atom stereocenters. The van der Waals surface area contributed by atoms with E-state index < -0.39 is 0 Å². The molecule has 0 bridgehead atoms. The molecular formula is C16H13ClN2O2. The first-order valence-electron chi connectivity index (χ1n) is 6.43. The zero-order chi connectivity index (χ0) is 14.8. The summed E-state index contributed by atoms with van der Waals surface area (Å²) in [6.07, 6.45) is 0. The van der Waals surface area contributed by atoms with Crippen molar-refractivity contribution in [1.82, 2.24) is 5.32 Å². The van der Waals surface area contributed by atoms with Gasteiger partial charge in [0.1, 0.15) is 5.58 Å². The first-order valence-corrected chi connectivity index (χ1v) is 6.81. The van der Waals surface area contributed by atoms with Crippen LogP contribution < -0.4 is 11.1 Å². The van der Waals surface area contributed by atoms with Gasteiger partial charge in [0.05, 0.1) is 0 Å². The summed E-state index contributed by atoms with van der Waals surface area (Å²) in [5, 5.41) is 4.24. The molecule has 1 aromatic heterocycles. The van der Waals surface area contributed by atoms with Crippen LogP contribution in [0, 0.1) is 0 Å². The first kappa shape index (κ1) is 13.5. The Morgan fingerprint density at radius 3 is 2.86 bits per heavy atom. The van der Waals surface area contributed by atoms with Crippen molar-refractivity contribution >= 4 is 34.2 Å². The molecule has 5 heteroatoms. The number of amides is 1. The van der Waals surface area contributed by atoms with Crippen LogP contribution in [0.5, 0.6) is 0 Å². The Morgan fingerprint density at radius 2 is 2.05 bits per heavy atom. The van der Waals surface area contributed by atoms with Crippen LogP contribution in [-0.2, 0) is 6.54 Å². The molecule has 0 saturated carbocycles. The second-order valence-corrected chi connectivity index (χ2v) is 5.16. The van der Waals surface area contributed by atoms with E-state index in [1.807, 2.05) is 12.1 Å². The van der Waals surface area contributed by atoms with Crippen molar-refractivity contribution in [3.05, 3.63) is 64.9 Å². The second kappa shape index (κ2) is 5.50. The van der Waals surface area contributed by atoms with Crippen molar-refractivity contribution in [2.75, 3.05) is 5.73 Å². The molecule has 1 heterocycles. The molecule has 0 aliphatic heterocycles. The van der Waals surface area contributed by atoms with Crippen LogP contribution in [0.1, 0.15) is 16.1 Å². The molecule has 4 nitrogen and oxygen atoms in total. The highest BCUT2D eigenvalue weighted by molar-refractivity contribution is 6.30. The highest BCUT2D eigenvalue weighted by atomic mass is 35.5. The molecule has 21 heavy (non-hydrogen) atoms. The van der Waals surface area contributed by atoms with Gasteiger partial charge in [-0.25, -0.2) is 0 Å². The summed E-state index contributed by atoms with van der Waals surface area (Å²) in [7, 11) is 0. The molecule has 3 N–H and O–H groups in total. The van der Waals surface area contributed by atoms with E-state index in [2.05, 4.69) is 5.32 Å². The maximum atomic E-state index is 12.1. The lowest BCUT2D eigenvalue weighted by Crippen LogP contribution is -2.22. The molecule has 0 radical (unpaired) electrons. The third kappa shape index (κ3) is 3.01. The fourth-order valence-electron chi connectivity index (χ4n) is 2.09. The van der Waals surface area contributed by atoms with E-state index in [-0.39, 0.29) is 11.7 Å². The zero-order valence-corrected chi connectivity index (χ0v) is 11.9. The van der Waals surface area contributed by atoms with Gasteiger partial charge in [0, 0.05) is 22.6 Å². The average Bonchev–Trinajstić information content (AvgIpc) is 2.88. The Morgan fingerprint density at radius 1 is 1.19 bits per heavy atom. The van der Waals surface area contributed by atoms with Crippen molar-refractivity contribution in [1.29, 1.82) is 0 Å². The number of nitrogens with two attached hydrogens (primary N) is 1. The summed E-state index contributed by atoms with van der Waals surface area (Å²) in [6.45, 7) is 0.387. The van der Waals surface area contributed by atoms with E-state index in [4.69, 9.17) is 21.8 Å². The number of fused-ring (bicyclic) bond motifs is 1. The predicted octanol–water partition coefficient (Wildman–Crippen LogP) is 3.60. The number of hydrogen-bond acceptors (Lipinski definition) is 3. The van der Waals surface area contributed by atoms with Gasteiger partial charge in [0.15, 0.2) is 5.76 Å². The van der Waals surface area contributed by atoms with Gasteiger partial charge >= 0.3 is 0 Å². The predicted molar refractivity (Wildman–Crippen MR) is 83.2 cm³/mol. The van der Waals surface area contributed by atoms with Crippen LogP contribution in [0.3, 0.4) is 0 Å². The maximum absolute atomic E-state index is 12.1. The lowest BCUT2D eigenvalue weighted by atomic mass is 10.2. The number of carbonyl (C=O) groups is 1. The zero-order valence-electron chi connectivity index (χ0n) is 11.1. The quantitative estimate of drug-likeness (QED) is 0.726. The van der Waals surface area contributed by atoms with Crippen LogP contribution in [0.15, 0.2) is 52.9 Å². The Labute approximate surface area is 126 Å². The first-order chi connectivity index (χ1) is 10.1. The number of benzene rings is 2. The van der Waals surface area contributed by atoms with E-state index in [9.17, 15) is 4.79 Å². The van der Waals surface area contributed by atoms with Gasteiger partial charge in [0.2, 0.25) is 0 Å². The summed E-state index contributed by atoms with van der Waals surface area (Å²) in [4.78, 5) is 12.1. The molecule has 106 valence electrons. The largest absolute Gasteiger partial charge is 0.451 e. The van der Waals surface area contributed by atoms with Crippen molar-refractivity contribution in [3.63, 3.8) is 0 Å². The van der Waals surface area contributed by atoms with Gasteiger partial charge in [-0.3, -0.25) is 4.79 Å². The van der Waals surface area contributed by atoms with Crippen molar-refractivity contribution in [2.24, 2.45) is 0 Å². The molecule has 2 aromatic carbocycles. The number of nitrogen functional groups attached to an aromatic ring is 1. The van der Waals surface area contributed by atoms with Crippen molar-refractivity contribution < 1.29 is 9.21 Å². The normalized spacial score (nSPS) is 10.7. The lowest BCUT2D eigenvalue weighted by molar-refractivity contribution is 0.0925. The Hall–Kier alpha value is -2.46. The van der Waals surface area contributed by atoms with Crippen LogP contribution in [0.2, 0.25) is 5.02 Å². The van der Waals surface area contributed by atoms with Crippen LogP contribution in [0.4, 0.5) is 5.69 Å². The number of anilines is 1. The number of hydrogen-bond donors (Lipinski definition) is 2. The summed E-state index contributed by atoms with van der Waals surface area (Å²) < 4.78 is 5.50. The van der Waals surface area contributed by atoms with E-state index >= 15 is 0 Å². The molecule has 0 aliphatic rings. The second-order valence-electron chi connectivity index (χ2n) is 4.72. The molecule has 0 saturated heterocycles. The average molecular weight is 301 g/mol.